The minimum Gasteiger partial charge on any atom is -0.481 e. The molecule has 1 heterocycles. The predicted octanol–water partition coefficient (Wildman–Crippen LogP) is 1.97. The zero-order valence-corrected chi connectivity index (χ0v) is 12.0. The van der Waals surface area contributed by atoms with Crippen LogP contribution in [0.2, 0.25) is 0 Å². The summed E-state index contributed by atoms with van der Waals surface area (Å²) in [6.45, 7) is 0.526. The van der Waals surface area contributed by atoms with Gasteiger partial charge in [0.2, 0.25) is 5.91 Å². The van der Waals surface area contributed by atoms with Gasteiger partial charge in [0, 0.05) is 19.6 Å². The van der Waals surface area contributed by atoms with E-state index in [1.807, 2.05) is 24.3 Å². The minimum absolute atomic E-state index is 0.0316. The summed E-state index contributed by atoms with van der Waals surface area (Å²) in [5.74, 6) is -1.57. The molecule has 2 aliphatic rings. The molecule has 3 rings (SSSR count). The lowest BCUT2D eigenvalue weighted by atomic mass is 9.93. The van der Waals surface area contributed by atoms with Crippen molar-refractivity contribution < 1.29 is 19.4 Å². The predicted molar refractivity (Wildman–Crippen MR) is 75.5 cm³/mol. The van der Waals surface area contributed by atoms with Crippen LogP contribution in [0, 0.1) is 5.92 Å². The van der Waals surface area contributed by atoms with E-state index in [0.717, 1.165) is 24.0 Å². The van der Waals surface area contributed by atoms with Crippen molar-refractivity contribution in [2.45, 2.75) is 38.0 Å². The van der Waals surface area contributed by atoms with E-state index in [0.29, 0.717) is 6.61 Å². The highest BCUT2D eigenvalue weighted by atomic mass is 16.5. The Balaban J connectivity index is 1.91. The summed E-state index contributed by atoms with van der Waals surface area (Å²) in [6, 6.07) is 7.60. The molecule has 1 N–H and O–H groups in total. The van der Waals surface area contributed by atoms with Gasteiger partial charge in [-0.05, 0) is 24.0 Å². The second-order valence-electron chi connectivity index (χ2n) is 5.80. The van der Waals surface area contributed by atoms with Gasteiger partial charge in [0.15, 0.2) is 0 Å². The number of carboxylic acids is 1. The Morgan fingerprint density at radius 1 is 1.33 bits per heavy atom. The number of aliphatic carboxylic acids is 1. The first-order valence-corrected chi connectivity index (χ1v) is 7.23. The normalized spacial score (nSPS) is 25.4. The lowest BCUT2D eigenvalue weighted by Gasteiger charge is -2.27. The number of amides is 1. The molecular weight excluding hydrogens is 270 g/mol. The Bertz CT molecular complexity index is 550. The van der Waals surface area contributed by atoms with Crippen LogP contribution < -0.4 is 0 Å². The number of carbonyl (C=O) groups is 2. The van der Waals surface area contributed by atoms with Crippen molar-refractivity contribution in [3.63, 3.8) is 0 Å². The molecule has 1 aromatic carbocycles. The first-order chi connectivity index (χ1) is 10.1. The summed E-state index contributed by atoms with van der Waals surface area (Å²) in [4.78, 5) is 25.5. The van der Waals surface area contributed by atoms with Crippen LogP contribution in [0.5, 0.6) is 0 Å². The van der Waals surface area contributed by atoms with Crippen molar-refractivity contribution in [1.82, 2.24) is 4.90 Å². The number of carbonyl (C=O) groups excluding carboxylic acids is 1. The van der Waals surface area contributed by atoms with E-state index in [1.165, 1.54) is 0 Å². The fraction of sp³-hybridized carbons (Fsp3) is 0.500. The highest BCUT2D eigenvalue weighted by Crippen LogP contribution is 2.45. The van der Waals surface area contributed by atoms with E-state index in [4.69, 9.17) is 4.74 Å². The van der Waals surface area contributed by atoms with Crippen LogP contribution >= 0.6 is 0 Å². The lowest BCUT2D eigenvalue weighted by Crippen LogP contribution is -2.32. The van der Waals surface area contributed by atoms with Crippen molar-refractivity contribution in [2.75, 3.05) is 7.11 Å². The molecule has 1 aliphatic carbocycles. The third-order valence-electron chi connectivity index (χ3n) is 4.25. The molecular formula is C16H19NO4. The summed E-state index contributed by atoms with van der Waals surface area (Å²) >= 11 is 0. The van der Waals surface area contributed by atoms with Crippen molar-refractivity contribution >= 4 is 11.9 Å². The molecule has 1 saturated carbocycles. The van der Waals surface area contributed by atoms with Gasteiger partial charge in [0.25, 0.3) is 0 Å². The monoisotopic (exact) mass is 289 g/mol. The number of benzene rings is 1. The minimum atomic E-state index is -0.891. The number of rotatable bonds is 5. The average Bonchev–Trinajstić information content (AvgIpc) is 3.23. The van der Waals surface area contributed by atoms with E-state index in [-0.39, 0.29) is 24.4 Å². The van der Waals surface area contributed by atoms with E-state index in [1.54, 1.807) is 12.0 Å². The Hall–Kier alpha value is -1.88. The molecule has 2 fully saturated rings. The second-order valence-corrected chi connectivity index (χ2v) is 5.80. The maximum atomic E-state index is 12.2. The zero-order valence-electron chi connectivity index (χ0n) is 12.0. The summed E-state index contributed by atoms with van der Waals surface area (Å²) in [6.07, 6.45) is 2.07. The van der Waals surface area contributed by atoms with Crippen LogP contribution in [0.1, 0.15) is 36.4 Å². The Kier molecular flexibility index (Phi) is 3.68. The Morgan fingerprint density at radius 3 is 2.52 bits per heavy atom. The molecule has 0 aromatic heterocycles. The van der Waals surface area contributed by atoms with Crippen LogP contribution in [0.25, 0.3) is 0 Å². The summed E-state index contributed by atoms with van der Waals surface area (Å²) in [5, 5.41) is 9.42. The fourth-order valence-electron chi connectivity index (χ4n) is 3.13. The molecule has 5 nitrogen and oxygen atoms in total. The van der Waals surface area contributed by atoms with E-state index in [9.17, 15) is 14.7 Å². The molecule has 21 heavy (non-hydrogen) atoms. The number of hydrogen-bond donors (Lipinski definition) is 1. The van der Waals surface area contributed by atoms with Crippen LogP contribution in [0.4, 0.5) is 0 Å². The number of ether oxygens (including phenoxy) is 1. The van der Waals surface area contributed by atoms with Crippen molar-refractivity contribution in [3.05, 3.63) is 35.4 Å². The van der Waals surface area contributed by atoms with E-state index in [2.05, 4.69) is 0 Å². The summed E-state index contributed by atoms with van der Waals surface area (Å²) in [5.41, 5.74) is 1.94. The van der Waals surface area contributed by atoms with Crippen LogP contribution in [0.15, 0.2) is 24.3 Å². The number of methoxy groups -OCH3 is 1. The zero-order chi connectivity index (χ0) is 15.0. The highest BCUT2D eigenvalue weighted by Gasteiger charge is 2.49. The number of likely N-dealkylation sites (tertiary alicyclic amines) is 1. The number of carboxylic acid groups (broad SMARTS) is 1. The third-order valence-corrected chi connectivity index (χ3v) is 4.25. The first kappa shape index (κ1) is 14.1. The largest absolute Gasteiger partial charge is 0.481 e. The number of hydrogen-bond acceptors (Lipinski definition) is 3. The molecule has 2 atom stereocenters. The maximum Gasteiger partial charge on any atom is 0.309 e. The fourth-order valence-corrected chi connectivity index (χ4v) is 3.13. The van der Waals surface area contributed by atoms with Gasteiger partial charge in [-0.2, -0.15) is 0 Å². The molecule has 1 aromatic rings. The quantitative estimate of drug-likeness (QED) is 0.900. The second kappa shape index (κ2) is 5.48. The Labute approximate surface area is 123 Å². The van der Waals surface area contributed by atoms with Gasteiger partial charge in [0.05, 0.1) is 18.6 Å². The van der Waals surface area contributed by atoms with Gasteiger partial charge in [0.1, 0.15) is 0 Å². The highest BCUT2D eigenvalue weighted by molar-refractivity contribution is 5.87. The van der Waals surface area contributed by atoms with Crippen molar-refractivity contribution in [3.8, 4) is 0 Å². The van der Waals surface area contributed by atoms with Crippen molar-refractivity contribution in [1.29, 1.82) is 0 Å². The molecule has 1 saturated heterocycles. The third kappa shape index (κ3) is 2.65. The lowest BCUT2D eigenvalue weighted by molar-refractivity contribution is -0.142. The van der Waals surface area contributed by atoms with Gasteiger partial charge in [-0.1, -0.05) is 24.3 Å². The van der Waals surface area contributed by atoms with E-state index >= 15 is 0 Å². The van der Waals surface area contributed by atoms with Gasteiger partial charge >= 0.3 is 5.97 Å². The summed E-state index contributed by atoms with van der Waals surface area (Å²) in [7, 11) is 1.64. The molecule has 0 bridgehead atoms. The Morgan fingerprint density at radius 2 is 2.00 bits per heavy atom. The average molecular weight is 289 g/mol. The van der Waals surface area contributed by atoms with Gasteiger partial charge < -0.3 is 14.7 Å². The molecule has 1 amide bonds. The maximum absolute atomic E-state index is 12.2. The number of nitrogens with zero attached hydrogens (tertiary/aromatic N) is 1. The van der Waals surface area contributed by atoms with Crippen molar-refractivity contribution in [2.24, 2.45) is 5.92 Å². The van der Waals surface area contributed by atoms with E-state index < -0.39 is 11.9 Å². The standard InChI is InChI=1S/C16H19NO4/c1-21-9-10-2-4-11(5-3-10)15-13(16(19)20)8-14(18)17(15)12-6-7-12/h2-5,12-13,15H,6-9H2,1H3,(H,19,20). The first-order valence-electron chi connectivity index (χ1n) is 7.23. The topological polar surface area (TPSA) is 66.8 Å². The molecule has 0 radical (unpaired) electrons. The molecule has 2 unspecified atom stereocenters. The van der Waals surface area contributed by atoms with Gasteiger partial charge in [-0.15, -0.1) is 0 Å². The molecule has 112 valence electrons. The van der Waals surface area contributed by atoms with Crippen LogP contribution in [-0.2, 0) is 20.9 Å². The van der Waals surface area contributed by atoms with Crippen LogP contribution in [-0.4, -0.2) is 35.0 Å². The molecule has 0 spiro atoms. The van der Waals surface area contributed by atoms with Gasteiger partial charge in [-0.25, -0.2) is 0 Å². The molecule has 1 aliphatic heterocycles. The van der Waals surface area contributed by atoms with Crippen LogP contribution in [0.3, 0.4) is 0 Å². The smallest absolute Gasteiger partial charge is 0.309 e. The molecule has 5 heteroatoms. The van der Waals surface area contributed by atoms with Gasteiger partial charge in [-0.3, -0.25) is 9.59 Å². The SMILES string of the molecule is COCc1ccc(C2C(C(=O)O)CC(=O)N2C2CC2)cc1. The summed E-state index contributed by atoms with van der Waals surface area (Å²) < 4.78 is 5.08.